The largest absolute Gasteiger partial charge is 0.481 e. The number of hydrogen-bond acceptors (Lipinski definition) is 4. The minimum atomic E-state index is 0.346. The van der Waals surface area contributed by atoms with E-state index in [4.69, 9.17) is 4.74 Å². The number of aromatic nitrogens is 2. The number of ether oxygens (including phenoxy) is 1. The van der Waals surface area contributed by atoms with E-state index in [0.29, 0.717) is 11.8 Å². The first-order chi connectivity index (χ1) is 6.20. The van der Waals surface area contributed by atoms with Crippen LogP contribution in [0.15, 0.2) is 6.33 Å². The average Bonchev–Trinajstić information content (AvgIpc) is 2.16. The van der Waals surface area contributed by atoms with E-state index in [2.05, 4.69) is 29.1 Å². The first-order valence-corrected chi connectivity index (χ1v) is 4.27. The van der Waals surface area contributed by atoms with E-state index in [1.54, 1.807) is 7.11 Å². The third kappa shape index (κ3) is 1.88. The van der Waals surface area contributed by atoms with Gasteiger partial charge >= 0.3 is 0 Å². The molecule has 0 unspecified atom stereocenters. The SMILES string of the molecule is CNc1ncnc(OC)c1C(C)C. The average molecular weight is 181 g/mol. The third-order valence-corrected chi connectivity index (χ3v) is 1.85. The molecule has 0 aliphatic heterocycles. The van der Waals surface area contributed by atoms with Crippen molar-refractivity contribution in [3.63, 3.8) is 0 Å². The number of nitrogens with one attached hydrogen (secondary N) is 1. The van der Waals surface area contributed by atoms with Crippen molar-refractivity contribution in [1.29, 1.82) is 0 Å². The molecule has 0 aromatic carbocycles. The number of rotatable bonds is 3. The van der Waals surface area contributed by atoms with Gasteiger partial charge in [0.2, 0.25) is 5.88 Å². The molecular weight excluding hydrogens is 166 g/mol. The summed E-state index contributed by atoms with van der Waals surface area (Å²) < 4.78 is 5.16. The van der Waals surface area contributed by atoms with Gasteiger partial charge in [-0.25, -0.2) is 9.97 Å². The van der Waals surface area contributed by atoms with E-state index < -0.39 is 0 Å². The molecule has 1 aromatic rings. The second-order valence-electron chi connectivity index (χ2n) is 3.05. The van der Waals surface area contributed by atoms with Crippen LogP contribution in [0.3, 0.4) is 0 Å². The van der Waals surface area contributed by atoms with Crippen LogP contribution in [0.4, 0.5) is 5.82 Å². The topological polar surface area (TPSA) is 47.0 Å². The molecule has 0 aliphatic rings. The van der Waals surface area contributed by atoms with Gasteiger partial charge in [0.15, 0.2) is 0 Å². The maximum atomic E-state index is 5.16. The van der Waals surface area contributed by atoms with Gasteiger partial charge in [0.1, 0.15) is 12.1 Å². The Balaban J connectivity index is 3.21. The monoisotopic (exact) mass is 181 g/mol. The normalized spacial score (nSPS) is 10.2. The lowest BCUT2D eigenvalue weighted by molar-refractivity contribution is 0.389. The molecular formula is C9H15N3O. The van der Waals surface area contributed by atoms with Crippen LogP contribution in [-0.2, 0) is 0 Å². The van der Waals surface area contributed by atoms with E-state index in [-0.39, 0.29) is 0 Å². The van der Waals surface area contributed by atoms with Gasteiger partial charge in [0.25, 0.3) is 0 Å². The smallest absolute Gasteiger partial charge is 0.221 e. The quantitative estimate of drug-likeness (QED) is 0.770. The van der Waals surface area contributed by atoms with Gasteiger partial charge in [-0.1, -0.05) is 13.8 Å². The molecule has 4 nitrogen and oxygen atoms in total. The number of nitrogens with zero attached hydrogens (tertiary/aromatic N) is 2. The van der Waals surface area contributed by atoms with Gasteiger partial charge in [-0.05, 0) is 5.92 Å². The second kappa shape index (κ2) is 4.07. The van der Waals surface area contributed by atoms with E-state index in [1.165, 1.54) is 6.33 Å². The van der Waals surface area contributed by atoms with Crippen LogP contribution in [0.25, 0.3) is 0 Å². The molecule has 0 amide bonds. The van der Waals surface area contributed by atoms with Crippen molar-refractivity contribution in [3.8, 4) is 5.88 Å². The summed E-state index contributed by atoms with van der Waals surface area (Å²) in [5.74, 6) is 1.83. The van der Waals surface area contributed by atoms with E-state index in [9.17, 15) is 0 Å². The summed E-state index contributed by atoms with van der Waals surface area (Å²) in [4.78, 5) is 8.18. The fourth-order valence-corrected chi connectivity index (χ4v) is 1.26. The summed E-state index contributed by atoms with van der Waals surface area (Å²) in [6, 6.07) is 0. The summed E-state index contributed by atoms with van der Waals surface area (Å²) in [6.45, 7) is 4.17. The van der Waals surface area contributed by atoms with Crippen molar-refractivity contribution in [2.75, 3.05) is 19.5 Å². The lowest BCUT2D eigenvalue weighted by atomic mass is 10.1. The Hall–Kier alpha value is -1.32. The standard InChI is InChI=1S/C9H15N3O/c1-6(2)7-8(10-3)11-5-12-9(7)13-4/h5-6H,1-4H3,(H,10,11,12). The molecule has 1 rings (SSSR count). The Bertz CT molecular complexity index is 264. The molecule has 0 spiro atoms. The first kappa shape index (κ1) is 9.77. The van der Waals surface area contributed by atoms with Crippen LogP contribution < -0.4 is 10.1 Å². The zero-order valence-electron chi connectivity index (χ0n) is 8.46. The van der Waals surface area contributed by atoms with Gasteiger partial charge in [-0.2, -0.15) is 0 Å². The summed E-state index contributed by atoms with van der Waals surface area (Å²) >= 11 is 0. The fraction of sp³-hybridized carbons (Fsp3) is 0.556. The van der Waals surface area contributed by atoms with Gasteiger partial charge in [-0.3, -0.25) is 0 Å². The number of anilines is 1. The Morgan fingerprint density at radius 3 is 2.54 bits per heavy atom. The highest BCUT2D eigenvalue weighted by Gasteiger charge is 2.13. The molecule has 0 aliphatic carbocycles. The van der Waals surface area contributed by atoms with Gasteiger partial charge < -0.3 is 10.1 Å². The highest BCUT2D eigenvalue weighted by molar-refractivity contribution is 5.49. The summed E-state index contributed by atoms with van der Waals surface area (Å²) in [5, 5.41) is 3.02. The van der Waals surface area contributed by atoms with Crippen LogP contribution in [-0.4, -0.2) is 24.1 Å². The Morgan fingerprint density at radius 1 is 1.38 bits per heavy atom. The Labute approximate surface area is 78.4 Å². The van der Waals surface area contributed by atoms with Crippen LogP contribution in [0, 0.1) is 0 Å². The predicted octanol–water partition coefficient (Wildman–Crippen LogP) is 1.65. The molecule has 4 heteroatoms. The molecule has 13 heavy (non-hydrogen) atoms. The lowest BCUT2D eigenvalue weighted by Gasteiger charge is -2.13. The zero-order chi connectivity index (χ0) is 9.84. The number of hydrogen-bond donors (Lipinski definition) is 1. The molecule has 0 saturated heterocycles. The maximum absolute atomic E-state index is 5.16. The van der Waals surface area contributed by atoms with Crippen LogP contribution in [0.2, 0.25) is 0 Å². The summed E-state index contributed by atoms with van der Waals surface area (Å²) in [6.07, 6.45) is 1.50. The van der Waals surface area contributed by atoms with E-state index in [1.807, 2.05) is 7.05 Å². The zero-order valence-corrected chi connectivity index (χ0v) is 8.46. The third-order valence-electron chi connectivity index (χ3n) is 1.85. The van der Waals surface area contributed by atoms with Gasteiger partial charge in [0.05, 0.1) is 12.7 Å². The first-order valence-electron chi connectivity index (χ1n) is 4.27. The van der Waals surface area contributed by atoms with Gasteiger partial charge in [-0.15, -0.1) is 0 Å². The van der Waals surface area contributed by atoms with Crippen molar-refractivity contribution in [2.24, 2.45) is 0 Å². The highest BCUT2D eigenvalue weighted by Crippen LogP contribution is 2.28. The van der Waals surface area contributed by atoms with Crippen molar-refractivity contribution < 1.29 is 4.74 Å². The molecule has 1 heterocycles. The second-order valence-corrected chi connectivity index (χ2v) is 3.05. The molecule has 0 fully saturated rings. The highest BCUT2D eigenvalue weighted by atomic mass is 16.5. The summed E-state index contributed by atoms with van der Waals surface area (Å²) in [7, 11) is 3.46. The number of methoxy groups -OCH3 is 1. The maximum Gasteiger partial charge on any atom is 0.221 e. The fourth-order valence-electron chi connectivity index (χ4n) is 1.26. The molecule has 0 radical (unpaired) electrons. The molecule has 1 N–H and O–H groups in total. The molecule has 0 saturated carbocycles. The van der Waals surface area contributed by atoms with Gasteiger partial charge in [0, 0.05) is 7.05 Å². The lowest BCUT2D eigenvalue weighted by Crippen LogP contribution is -2.04. The van der Waals surface area contributed by atoms with Crippen molar-refractivity contribution in [2.45, 2.75) is 19.8 Å². The molecule has 0 bridgehead atoms. The minimum Gasteiger partial charge on any atom is -0.481 e. The Morgan fingerprint density at radius 2 is 2.08 bits per heavy atom. The van der Waals surface area contributed by atoms with Crippen LogP contribution in [0.1, 0.15) is 25.3 Å². The predicted molar refractivity (Wildman–Crippen MR) is 52.2 cm³/mol. The van der Waals surface area contributed by atoms with Crippen molar-refractivity contribution >= 4 is 5.82 Å². The van der Waals surface area contributed by atoms with Crippen LogP contribution >= 0.6 is 0 Å². The van der Waals surface area contributed by atoms with Crippen LogP contribution in [0.5, 0.6) is 5.88 Å². The van der Waals surface area contributed by atoms with Crippen molar-refractivity contribution in [3.05, 3.63) is 11.9 Å². The molecule has 72 valence electrons. The Kier molecular flexibility index (Phi) is 3.06. The van der Waals surface area contributed by atoms with Crippen molar-refractivity contribution in [1.82, 2.24) is 9.97 Å². The minimum absolute atomic E-state index is 0.346. The van der Waals surface area contributed by atoms with E-state index >= 15 is 0 Å². The summed E-state index contributed by atoms with van der Waals surface area (Å²) in [5.41, 5.74) is 1.02. The molecule has 1 aromatic heterocycles. The molecule has 0 atom stereocenters. The van der Waals surface area contributed by atoms with E-state index in [0.717, 1.165) is 11.4 Å².